The van der Waals surface area contributed by atoms with Crippen LogP contribution in [0.4, 0.5) is 0 Å². The molecule has 1 aromatic heterocycles. The number of carboxylic acid groups (broad SMARTS) is 1. The van der Waals surface area contributed by atoms with Crippen molar-refractivity contribution in [2.75, 3.05) is 0 Å². The van der Waals surface area contributed by atoms with Crippen molar-refractivity contribution in [2.24, 2.45) is 0 Å². The second-order valence-electron chi connectivity index (χ2n) is 4.34. The molecule has 0 saturated carbocycles. The lowest BCUT2D eigenvalue weighted by molar-refractivity contribution is -0.136. The molecule has 0 aliphatic rings. The molecule has 2 N–H and O–H groups in total. The predicted molar refractivity (Wildman–Crippen MR) is 77.7 cm³/mol. The van der Waals surface area contributed by atoms with Gasteiger partial charge in [-0.1, -0.05) is 47.6 Å². The number of hydrogen-bond donors (Lipinski definition) is 2. The van der Waals surface area contributed by atoms with E-state index in [1.807, 2.05) is 42.5 Å². The maximum absolute atomic E-state index is 10.4. The van der Waals surface area contributed by atoms with Crippen molar-refractivity contribution in [1.82, 2.24) is 5.16 Å². The minimum absolute atomic E-state index is 0.100. The maximum atomic E-state index is 10.4. The van der Waals surface area contributed by atoms with E-state index in [4.69, 9.17) is 14.7 Å². The predicted octanol–water partition coefficient (Wildman–Crippen LogP) is 2.63. The number of rotatable bonds is 3. The number of aliphatic carboxylic acids is 1. The highest BCUT2D eigenvalue weighted by Gasteiger charge is 2.09. The molecule has 108 valence electrons. The number of carboxylic acids is 1. The van der Waals surface area contributed by atoms with Gasteiger partial charge in [0.05, 0.1) is 13.0 Å². The molecule has 1 heterocycles. The number of carbonyl (C=O) groups is 1. The minimum Gasteiger partial charge on any atom is -0.481 e. The molecule has 0 atom stereocenters. The number of nitrogens with zero attached hydrogens (tertiary/aromatic N) is 1. The highest BCUT2D eigenvalue weighted by Crippen LogP contribution is 2.17. The molecule has 0 saturated heterocycles. The zero-order valence-corrected chi connectivity index (χ0v) is 11.3. The van der Waals surface area contributed by atoms with Crippen LogP contribution in [0.15, 0.2) is 59.1 Å². The normalized spacial score (nSPS) is 9.95. The van der Waals surface area contributed by atoms with Gasteiger partial charge in [0.25, 0.3) is 0 Å². The largest absolute Gasteiger partial charge is 0.481 e. The smallest absolute Gasteiger partial charge is 0.309 e. The lowest BCUT2D eigenvalue weighted by Crippen LogP contribution is -2.00. The SMILES string of the molecule is O=C(O)Cc1noc2ccccc12.OCc1ccccc1. The molecule has 0 bridgehead atoms. The van der Waals surface area contributed by atoms with E-state index >= 15 is 0 Å². The Kier molecular flexibility index (Phi) is 5.06. The van der Waals surface area contributed by atoms with E-state index in [0.29, 0.717) is 11.3 Å². The summed E-state index contributed by atoms with van der Waals surface area (Å²) < 4.78 is 4.94. The fourth-order valence-electron chi connectivity index (χ4n) is 1.79. The Hall–Kier alpha value is -2.66. The van der Waals surface area contributed by atoms with Gasteiger partial charge < -0.3 is 14.7 Å². The summed E-state index contributed by atoms with van der Waals surface area (Å²) in [6.45, 7) is 0.140. The number of aliphatic hydroxyl groups is 1. The van der Waals surface area contributed by atoms with Gasteiger partial charge in [-0.15, -0.1) is 0 Å². The summed E-state index contributed by atoms with van der Waals surface area (Å²) in [5, 5.41) is 21.5. The summed E-state index contributed by atoms with van der Waals surface area (Å²) in [4.78, 5) is 10.4. The quantitative estimate of drug-likeness (QED) is 0.773. The molecule has 0 aliphatic carbocycles. The molecule has 0 amide bonds. The van der Waals surface area contributed by atoms with Gasteiger partial charge in [0.2, 0.25) is 0 Å². The van der Waals surface area contributed by atoms with Crippen LogP contribution in [0, 0.1) is 0 Å². The third kappa shape index (κ3) is 4.15. The average Bonchev–Trinajstić information content (AvgIpc) is 2.91. The molecule has 3 rings (SSSR count). The third-order valence-electron chi connectivity index (χ3n) is 2.80. The molecule has 0 fully saturated rings. The van der Waals surface area contributed by atoms with Crippen LogP contribution in [0.1, 0.15) is 11.3 Å². The zero-order valence-electron chi connectivity index (χ0n) is 11.3. The molecular weight excluding hydrogens is 270 g/mol. The van der Waals surface area contributed by atoms with Gasteiger partial charge in [-0.2, -0.15) is 0 Å². The number of aliphatic hydroxyl groups excluding tert-OH is 1. The van der Waals surface area contributed by atoms with Crippen LogP contribution in [0.2, 0.25) is 0 Å². The van der Waals surface area contributed by atoms with Gasteiger partial charge in [-0.05, 0) is 17.7 Å². The summed E-state index contributed by atoms with van der Waals surface area (Å²) in [7, 11) is 0. The van der Waals surface area contributed by atoms with Crippen molar-refractivity contribution < 1.29 is 19.5 Å². The fourth-order valence-corrected chi connectivity index (χ4v) is 1.79. The molecule has 0 radical (unpaired) electrons. The van der Waals surface area contributed by atoms with Gasteiger partial charge in [0.15, 0.2) is 5.58 Å². The number of hydrogen-bond acceptors (Lipinski definition) is 4. The Bertz CT molecular complexity index is 706. The third-order valence-corrected chi connectivity index (χ3v) is 2.80. The first-order chi connectivity index (χ1) is 10.2. The second-order valence-corrected chi connectivity index (χ2v) is 4.34. The van der Waals surface area contributed by atoms with E-state index in [1.54, 1.807) is 12.1 Å². The average molecular weight is 285 g/mol. The Balaban J connectivity index is 0.000000173. The molecular formula is C16H15NO4. The summed E-state index contributed by atoms with van der Waals surface area (Å²) in [5.74, 6) is -0.904. The van der Waals surface area contributed by atoms with Crippen molar-refractivity contribution in [3.05, 3.63) is 65.9 Å². The number of para-hydroxylation sites is 1. The highest BCUT2D eigenvalue weighted by molar-refractivity contribution is 5.83. The molecule has 0 spiro atoms. The summed E-state index contributed by atoms with van der Waals surface area (Å²) in [5.41, 5.74) is 2.06. The van der Waals surface area contributed by atoms with Crippen molar-refractivity contribution >= 4 is 16.9 Å². The minimum atomic E-state index is -0.904. The van der Waals surface area contributed by atoms with Crippen LogP contribution in [0.5, 0.6) is 0 Å². The van der Waals surface area contributed by atoms with E-state index in [2.05, 4.69) is 5.16 Å². The summed E-state index contributed by atoms with van der Waals surface area (Å²) in [6.07, 6.45) is -0.100. The maximum Gasteiger partial charge on any atom is 0.309 e. The molecule has 0 aliphatic heterocycles. The van der Waals surface area contributed by atoms with Crippen LogP contribution in [-0.2, 0) is 17.8 Å². The number of aromatic nitrogens is 1. The first-order valence-corrected chi connectivity index (χ1v) is 6.40. The van der Waals surface area contributed by atoms with E-state index in [1.165, 1.54) is 0 Å². The van der Waals surface area contributed by atoms with Gasteiger partial charge >= 0.3 is 5.97 Å². The van der Waals surface area contributed by atoms with E-state index in [0.717, 1.165) is 10.9 Å². The molecule has 5 heteroatoms. The van der Waals surface area contributed by atoms with E-state index < -0.39 is 5.97 Å². The van der Waals surface area contributed by atoms with Crippen LogP contribution in [0.25, 0.3) is 11.0 Å². The Morgan fingerprint density at radius 2 is 1.71 bits per heavy atom. The van der Waals surface area contributed by atoms with Gasteiger partial charge in [0.1, 0.15) is 5.69 Å². The number of fused-ring (bicyclic) bond motifs is 1. The first kappa shape index (κ1) is 14.7. The van der Waals surface area contributed by atoms with E-state index in [9.17, 15) is 4.79 Å². The van der Waals surface area contributed by atoms with Gasteiger partial charge in [0, 0.05) is 5.39 Å². The van der Waals surface area contributed by atoms with Crippen LogP contribution < -0.4 is 0 Å². The van der Waals surface area contributed by atoms with Crippen LogP contribution >= 0.6 is 0 Å². The van der Waals surface area contributed by atoms with Crippen molar-refractivity contribution in [3.63, 3.8) is 0 Å². The topological polar surface area (TPSA) is 83.6 Å². The second kappa shape index (κ2) is 7.21. The van der Waals surface area contributed by atoms with Crippen LogP contribution in [0.3, 0.4) is 0 Å². The standard InChI is InChI=1S/C9H7NO3.C7H8O/c11-9(12)5-7-6-3-1-2-4-8(6)13-10-7;8-6-7-4-2-1-3-5-7/h1-4H,5H2,(H,11,12);1-5,8H,6H2. The number of benzene rings is 2. The Labute approximate surface area is 121 Å². The van der Waals surface area contributed by atoms with Crippen molar-refractivity contribution in [1.29, 1.82) is 0 Å². The van der Waals surface area contributed by atoms with Crippen molar-refractivity contribution in [3.8, 4) is 0 Å². The summed E-state index contributed by atoms with van der Waals surface area (Å²) >= 11 is 0. The van der Waals surface area contributed by atoms with Crippen molar-refractivity contribution in [2.45, 2.75) is 13.0 Å². The molecule has 2 aromatic carbocycles. The molecule has 0 unspecified atom stereocenters. The lowest BCUT2D eigenvalue weighted by Gasteiger charge is -1.89. The Morgan fingerprint density at radius 1 is 1.05 bits per heavy atom. The first-order valence-electron chi connectivity index (χ1n) is 6.40. The van der Waals surface area contributed by atoms with Gasteiger partial charge in [-0.3, -0.25) is 4.79 Å². The molecule has 21 heavy (non-hydrogen) atoms. The lowest BCUT2D eigenvalue weighted by atomic mass is 10.2. The van der Waals surface area contributed by atoms with Gasteiger partial charge in [-0.25, -0.2) is 0 Å². The zero-order chi connectivity index (χ0) is 15.1. The fraction of sp³-hybridized carbons (Fsp3) is 0.125. The monoisotopic (exact) mass is 285 g/mol. The van der Waals surface area contributed by atoms with E-state index in [-0.39, 0.29) is 13.0 Å². The molecule has 5 nitrogen and oxygen atoms in total. The molecule has 3 aromatic rings. The highest BCUT2D eigenvalue weighted by atomic mass is 16.5. The van der Waals surface area contributed by atoms with Crippen LogP contribution in [-0.4, -0.2) is 21.3 Å². The Morgan fingerprint density at radius 3 is 2.33 bits per heavy atom. The summed E-state index contributed by atoms with van der Waals surface area (Å²) in [6, 6.07) is 16.7.